The summed E-state index contributed by atoms with van der Waals surface area (Å²) in [6.45, 7) is 2.21. The van der Waals surface area contributed by atoms with Gasteiger partial charge in [-0.25, -0.2) is 0 Å². The summed E-state index contributed by atoms with van der Waals surface area (Å²) in [5.74, 6) is 0. The number of fused-ring (bicyclic) bond motifs is 10. The highest BCUT2D eigenvalue weighted by Gasteiger charge is 2.18. The molecule has 0 saturated heterocycles. The monoisotopic (exact) mass is 522 g/mol. The number of rotatable bonds is 2. The third-order valence-electron chi connectivity index (χ3n) is 8.68. The number of para-hydroxylation sites is 2. The Labute approximate surface area is 237 Å². The van der Waals surface area contributed by atoms with E-state index in [-0.39, 0.29) is 0 Å². The Hall–Kier alpha value is -5.34. The van der Waals surface area contributed by atoms with E-state index in [1.165, 1.54) is 82.1 Å². The first-order valence-electron chi connectivity index (χ1n) is 14.2. The van der Waals surface area contributed by atoms with Gasteiger partial charge in [-0.2, -0.15) is 0 Å². The summed E-state index contributed by atoms with van der Waals surface area (Å²) >= 11 is 0. The van der Waals surface area contributed by atoms with Crippen molar-refractivity contribution in [1.82, 2.24) is 9.13 Å². The summed E-state index contributed by atoms with van der Waals surface area (Å²) in [7, 11) is 0. The maximum atomic E-state index is 2.47. The molecule has 9 rings (SSSR count). The van der Waals surface area contributed by atoms with Gasteiger partial charge in [0, 0.05) is 43.7 Å². The normalized spacial score (nSPS) is 12.0. The van der Waals surface area contributed by atoms with Gasteiger partial charge >= 0.3 is 0 Å². The molecular weight excluding hydrogens is 496 g/mol. The second-order valence-corrected chi connectivity index (χ2v) is 11.1. The maximum absolute atomic E-state index is 2.47. The van der Waals surface area contributed by atoms with Crippen molar-refractivity contribution in [1.29, 1.82) is 0 Å². The van der Waals surface area contributed by atoms with E-state index in [4.69, 9.17) is 0 Å². The number of benzene rings is 7. The van der Waals surface area contributed by atoms with Gasteiger partial charge in [-0.3, -0.25) is 0 Å². The summed E-state index contributed by atoms with van der Waals surface area (Å²) in [4.78, 5) is 0. The predicted octanol–water partition coefficient (Wildman–Crippen LogP) is 10.5. The van der Waals surface area contributed by atoms with Crippen molar-refractivity contribution in [2.75, 3.05) is 0 Å². The third kappa shape index (κ3) is 3.13. The van der Waals surface area contributed by atoms with Gasteiger partial charge < -0.3 is 9.13 Å². The molecule has 0 atom stereocenters. The Morgan fingerprint density at radius 2 is 0.780 bits per heavy atom. The molecule has 0 unspecified atom stereocenters. The van der Waals surface area contributed by atoms with Crippen molar-refractivity contribution in [3.8, 4) is 11.4 Å². The molecular formula is C39H26N2. The van der Waals surface area contributed by atoms with Crippen molar-refractivity contribution in [2.45, 2.75) is 6.92 Å². The molecule has 2 heteroatoms. The first-order valence-corrected chi connectivity index (χ1v) is 14.2. The van der Waals surface area contributed by atoms with Gasteiger partial charge in [0.2, 0.25) is 0 Å². The zero-order valence-electron chi connectivity index (χ0n) is 22.7. The third-order valence-corrected chi connectivity index (χ3v) is 8.68. The minimum Gasteiger partial charge on any atom is -0.309 e. The van der Waals surface area contributed by atoms with Crippen LogP contribution >= 0.6 is 0 Å². The molecule has 0 amide bonds. The molecule has 2 heterocycles. The van der Waals surface area contributed by atoms with Crippen molar-refractivity contribution in [3.05, 3.63) is 145 Å². The van der Waals surface area contributed by atoms with Crippen LogP contribution in [-0.2, 0) is 0 Å². The average molecular weight is 523 g/mol. The second-order valence-electron chi connectivity index (χ2n) is 11.1. The minimum atomic E-state index is 1.17. The van der Waals surface area contributed by atoms with Gasteiger partial charge in [-0.05, 0) is 53.6 Å². The van der Waals surface area contributed by atoms with Crippen molar-refractivity contribution in [3.63, 3.8) is 0 Å². The van der Waals surface area contributed by atoms with E-state index in [9.17, 15) is 0 Å². The predicted molar refractivity (Wildman–Crippen MR) is 175 cm³/mol. The van der Waals surface area contributed by atoms with E-state index in [0.29, 0.717) is 0 Å². The Balaban J connectivity index is 1.44. The molecule has 0 aliphatic carbocycles. The van der Waals surface area contributed by atoms with Crippen LogP contribution in [-0.4, -0.2) is 9.13 Å². The maximum Gasteiger partial charge on any atom is 0.0619 e. The van der Waals surface area contributed by atoms with Crippen LogP contribution in [0.25, 0.3) is 76.5 Å². The fourth-order valence-electron chi connectivity index (χ4n) is 7.00. The number of nitrogens with zero attached hydrogens (tertiary/aromatic N) is 2. The summed E-state index contributed by atoms with van der Waals surface area (Å²) in [5.41, 5.74) is 8.55. The van der Waals surface area contributed by atoms with Crippen molar-refractivity contribution < 1.29 is 0 Å². The molecule has 0 radical (unpaired) electrons. The first-order chi connectivity index (χ1) is 20.3. The summed E-state index contributed by atoms with van der Waals surface area (Å²) < 4.78 is 4.94. The molecule has 192 valence electrons. The number of aromatic nitrogens is 2. The topological polar surface area (TPSA) is 9.86 Å². The number of hydrogen-bond donors (Lipinski definition) is 0. The Kier molecular flexibility index (Phi) is 4.57. The highest BCUT2D eigenvalue weighted by atomic mass is 15.0. The zero-order chi connectivity index (χ0) is 27.1. The van der Waals surface area contributed by atoms with E-state index in [1.807, 2.05) is 0 Å². The fourth-order valence-corrected chi connectivity index (χ4v) is 7.00. The molecule has 0 bridgehead atoms. The van der Waals surface area contributed by atoms with Crippen LogP contribution in [0.2, 0.25) is 0 Å². The highest BCUT2D eigenvalue weighted by Crippen LogP contribution is 2.39. The Bertz CT molecular complexity index is 2320. The lowest BCUT2D eigenvalue weighted by atomic mass is 10.1. The van der Waals surface area contributed by atoms with Crippen LogP contribution in [0.4, 0.5) is 0 Å². The first kappa shape index (κ1) is 22.5. The molecule has 0 saturated carbocycles. The Morgan fingerprint density at radius 3 is 1.27 bits per heavy atom. The van der Waals surface area contributed by atoms with Crippen molar-refractivity contribution in [2.24, 2.45) is 0 Å². The largest absolute Gasteiger partial charge is 0.309 e. The molecule has 0 N–H and O–H groups in total. The number of aryl methyl sites for hydroxylation is 1. The van der Waals surface area contributed by atoms with E-state index in [2.05, 4.69) is 156 Å². The highest BCUT2D eigenvalue weighted by molar-refractivity contribution is 6.20. The molecule has 2 aromatic heterocycles. The quantitative estimate of drug-likeness (QED) is 0.214. The van der Waals surface area contributed by atoms with Gasteiger partial charge in [0.05, 0.1) is 22.1 Å². The van der Waals surface area contributed by atoms with Crippen LogP contribution in [0.5, 0.6) is 0 Å². The fraction of sp³-hybridized carbons (Fsp3) is 0.0256. The van der Waals surface area contributed by atoms with E-state index >= 15 is 0 Å². The minimum absolute atomic E-state index is 1.17. The lowest BCUT2D eigenvalue weighted by Crippen LogP contribution is -2.00. The summed E-state index contributed by atoms with van der Waals surface area (Å²) in [6.07, 6.45) is 0. The van der Waals surface area contributed by atoms with Crippen LogP contribution < -0.4 is 0 Å². The smallest absolute Gasteiger partial charge is 0.0619 e. The summed E-state index contributed by atoms with van der Waals surface area (Å²) in [6, 6.07) is 51.1. The van der Waals surface area contributed by atoms with Crippen LogP contribution in [0.3, 0.4) is 0 Å². The van der Waals surface area contributed by atoms with Gasteiger partial charge in [0.1, 0.15) is 0 Å². The molecule has 41 heavy (non-hydrogen) atoms. The molecule has 0 aliphatic heterocycles. The molecule has 0 fully saturated rings. The summed E-state index contributed by atoms with van der Waals surface area (Å²) in [5, 5.41) is 10.2. The van der Waals surface area contributed by atoms with Crippen LogP contribution in [0.1, 0.15) is 5.56 Å². The van der Waals surface area contributed by atoms with Crippen molar-refractivity contribution >= 4 is 65.2 Å². The number of hydrogen-bond acceptors (Lipinski definition) is 0. The van der Waals surface area contributed by atoms with E-state index in [1.54, 1.807) is 0 Å². The lowest BCUT2D eigenvalue weighted by Gasteiger charge is -2.15. The molecule has 2 nitrogen and oxygen atoms in total. The van der Waals surface area contributed by atoms with Gasteiger partial charge in [0.25, 0.3) is 0 Å². The van der Waals surface area contributed by atoms with E-state index < -0.39 is 0 Å². The standard InChI is InChI=1S/C39H26N2/c1-25-22-28(40-36-16-8-6-14-32(36)34-20-18-26-10-2-4-12-30(26)38(34)40)24-29(23-25)41-37-17-9-7-15-33(37)35-21-19-27-11-3-5-13-31(27)39(35)41/h2-24H,1H3. The van der Waals surface area contributed by atoms with Gasteiger partial charge in [0.15, 0.2) is 0 Å². The van der Waals surface area contributed by atoms with Crippen LogP contribution in [0.15, 0.2) is 140 Å². The lowest BCUT2D eigenvalue weighted by molar-refractivity contribution is 1.13. The molecule has 9 aromatic rings. The van der Waals surface area contributed by atoms with E-state index in [0.717, 1.165) is 0 Å². The molecule has 0 aliphatic rings. The molecule has 7 aromatic carbocycles. The molecule has 0 spiro atoms. The van der Waals surface area contributed by atoms with Gasteiger partial charge in [-0.15, -0.1) is 0 Å². The Morgan fingerprint density at radius 1 is 0.366 bits per heavy atom. The van der Waals surface area contributed by atoms with Gasteiger partial charge in [-0.1, -0.05) is 109 Å². The zero-order valence-corrected chi connectivity index (χ0v) is 22.7. The second kappa shape index (κ2) is 8.33. The van der Waals surface area contributed by atoms with Crippen LogP contribution in [0, 0.1) is 6.92 Å². The average Bonchev–Trinajstić information content (AvgIpc) is 3.54. The SMILES string of the molecule is Cc1cc(-n2c3ccccc3c3ccc4ccccc4c32)cc(-n2c3ccccc3c3ccc4ccccc4c32)c1.